The molecule has 2 rings (SSSR count). The van der Waals surface area contributed by atoms with Gasteiger partial charge in [0, 0.05) is 29.2 Å². The first-order valence-electron chi connectivity index (χ1n) is 6.08. The van der Waals surface area contributed by atoms with E-state index < -0.39 is 0 Å². The number of rotatable bonds is 4. The highest BCUT2D eigenvalue weighted by atomic mass is 35.5. The average molecular weight is 265 g/mol. The lowest BCUT2D eigenvalue weighted by Gasteiger charge is -2.07. The number of halogens is 1. The lowest BCUT2D eigenvalue weighted by molar-refractivity contribution is 0.727. The molecule has 1 atom stereocenters. The predicted octanol–water partition coefficient (Wildman–Crippen LogP) is 3.45. The van der Waals surface area contributed by atoms with Crippen LogP contribution in [0.5, 0.6) is 0 Å². The molecule has 2 N–H and O–H groups in total. The number of allylic oxidation sites excluding steroid dienone is 1. The van der Waals surface area contributed by atoms with Crippen LogP contribution in [0, 0.1) is 6.92 Å². The van der Waals surface area contributed by atoms with Crippen LogP contribution in [0.25, 0.3) is 10.9 Å². The first-order valence-corrected chi connectivity index (χ1v) is 6.08. The van der Waals surface area contributed by atoms with Gasteiger partial charge in [-0.3, -0.25) is 0 Å². The fourth-order valence-corrected chi connectivity index (χ4v) is 2.45. The van der Waals surface area contributed by atoms with Gasteiger partial charge in [-0.2, -0.15) is 0 Å². The van der Waals surface area contributed by atoms with Gasteiger partial charge in [-0.05, 0) is 31.9 Å². The molecule has 0 fully saturated rings. The van der Waals surface area contributed by atoms with E-state index in [1.54, 1.807) is 0 Å². The number of nitrogens with zero attached hydrogens (tertiary/aromatic N) is 1. The Morgan fingerprint density at radius 2 is 2.06 bits per heavy atom. The van der Waals surface area contributed by atoms with Crippen LogP contribution in [0.4, 0.5) is 0 Å². The van der Waals surface area contributed by atoms with E-state index in [-0.39, 0.29) is 18.4 Å². The summed E-state index contributed by atoms with van der Waals surface area (Å²) in [7, 11) is 0. The number of hydrogen-bond donors (Lipinski definition) is 1. The van der Waals surface area contributed by atoms with Crippen LogP contribution < -0.4 is 5.73 Å². The zero-order valence-electron chi connectivity index (χ0n) is 11.0. The Hall–Kier alpha value is -1.25. The summed E-state index contributed by atoms with van der Waals surface area (Å²) in [6.45, 7) is 8.90. The molecule has 0 bridgehead atoms. The molecule has 0 amide bonds. The molecule has 2 nitrogen and oxygen atoms in total. The van der Waals surface area contributed by atoms with Gasteiger partial charge in [0.1, 0.15) is 0 Å². The summed E-state index contributed by atoms with van der Waals surface area (Å²) in [6.07, 6.45) is 2.87. The Labute approximate surface area is 115 Å². The molecule has 2 aromatic rings. The van der Waals surface area contributed by atoms with Crippen LogP contribution >= 0.6 is 12.4 Å². The number of para-hydroxylation sites is 1. The molecular weight excluding hydrogens is 244 g/mol. The predicted molar refractivity (Wildman–Crippen MR) is 81.5 cm³/mol. The van der Waals surface area contributed by atoms with E-state index in [9.17, 15) is 0 Å². The molecular formula is C15H21ClN2. The zero-order valence-corrected chi connectivity index (χ0v) is 11.8. The first kappa shape index (κ1) is 14.8. The fourth-order valence-electron chi connectivity index (χ4n) is 2.45. The number of hydrogen-bond acceptors (Lipinski definition) is 1. The Kier molecular flexibility index (Phi) is 5.00. The molecule has 1 unspecified atom stereocenters. The van der Waals surface area contributed by atoms with Gasteiger partial charge in [0.15, 0.2) is 0 Å². The van der Waals surface area contributed by atoms with Crippen LogP contribution in [-0.2, 0) is 13.0 Å². The quantitative estimate of drug-likeness (QED) is 0.843. The Balaban J connectivity index is 0.00000162. The largest absolute Gasteiger partial charge is 0.341 e. The van der Waals surface area contributed by atoms with Crippen LogP contribution in [0.3, 0.4) is 0 Å². The van der Waals surface area contributed by atoms with Gasteiger partial charge < -0.3 is 10.3 Å². The molecule has 1 heterocycles. The Morgan fingerprint density at radius 3 is 2.67 bits per heavy atom. The van der Waals surface area contributed by atoms with Crippen LogP contribution in [0.1, 0.15) is 18.2 Å². The minimum absolute atomic E-state index is 0. The summed E-state index contributed by atoms with van der Waals surface area (Å²) in [6, 6.07) is 8.70. The van der Waals surface area contributed by atoms with Crippen LogP contribution in [0.15, 0.2) is 36.9 Å². The van der Waals surface area contributed by atoms with E-state index in [0.29, 0.717) is 0 Å². The second-order valence-electron chi connectivity index (χ2n) is 4.66. The molecule has 3 heteroatoms. The van der Waals surface area contributed by atoms with Gasteiger partial charge in [0.05, 0.1) is 0 Å². The summed E-state index contributed by atoms with van der Waals surface area (Å²) in [4.78, 5) is 0. The van der Waals surface area contributed by atoms with Crippen molar-refractivity contribution in [3.63, 3.8) is 0 Å². The van der Waals surface area contributed by atoms with Crippen LogP contribution in [0.2, 0.25) is 0 Å². The number of fused-ring (bicyclic) bond motifs is 1. The minimum atomic E-state index is 0. The monoisotopic (exact) mass is 264 g/mol. The minimum Gasteiger partial charge on any atom is -0.341 e. The summed E-state index contributed by atoms with van der Waals surface area (Å²) >= 11 is 0. The normalized spacial score (nSPS) is 12.2. The van der Waals surface area contributed by atoms with Crippen molar-refractivity contribution in [2.75, 3.05) is 0 Å². The third-order valence-electron chi connectivity index (χ3n) is 3.20. The van der Waals surface area contributed by atoms with Gasteiger partial charge >= 0.3 is 0 Å². The average Bonchev–Trinajstić information content (AvgIpc) is 2.55. The molecule has 18 heavy (non-hydrogen) atoms. The zero-order chi connectivity index (χ0) is 12.4. The SMILES string of the molecule is C=CCn1c(C)c(CC(C)N)c2ccccc21.Cl. The number of nitrogens with two attached hydrogens (primary N) is 1. The molecule has 0 saturated heterocycles. The highest BCUT2D eigenvalue weighted by Gasteiger charge is 2.13. The standard InChI is InChI=1S/C15H20N2.ClH/c1-4-9-17-12(3)14(10-11(2)16)13-7-5-6-8-15(13)17;/h4-8,11H,1,9-10,16H2,2-3H3;1H. The Morgan fingerprint density at radius 1 is 1.39 bits per heavy atom. The van der Waals surface area contributed by atoms with Crippen molar-refractivity contribution in [1.82, 2.24) is 4.57 Å². The van der Waals surface area contributed by atoms with Crippen molar-refractivity contribution in [2.45, 2.75) is 32.9 Å². The van der Waals surface area contributed by atoms with Gasteiger partial charge in [-0.25, -0.2) is 0 Å². The molecule has 0 aliphatic rings. The van der Waals surface area contributed by atoms with Crippen molar-refractivity contribution in [3.8, 4) is 0 Å². The second-order valence-corrected chi connectivity index (χ2v) is 4.66. The maximum absolute atomic E-state index is 5.94. The van der Waals surface area contributed by atoms with E-state index in [0.717, 1.165) is 13.0 Å². The molecule has 0 aliphatic carbocycles. The Bertz CT molecular complexity index is 541. The molecule has 0 spiro atoms. The van der Waals surface area contributed by atoms with Gasteiger partial charge in [0.25, 0.3) is 0 Å². The topological polar surface area (TPSA) is 30.9 Å². The molecule has 0 saturated carbocycles. The van der Waals surface area contributed by atoms with Crippen molar-refractivity contribution < 1.29 is 0 Å². The highest BCUT2D eigenvalue weighted by Crippen LogP contribution is 2.26. The summed E-state index contributed by atoms with van der Waals surface area (Å²) in [5.74, 6) is 0. The first-order chi connectivity index (χ1) is 8.15. The molecule has 98 valence electrons. The van der Waals surface area contributed by atoms with Crippen LogP contribution in [-0.4, -0.2) is 10.6 Å². The molecule has 0 aliphatic heterocycles. The molecule has 0 radical (unpaired) electrons. The van der Waals surface area contributed by atoms with Gasteiger partial charge in [0.2, 0.25) is 0 Å². The number of aromatic nitrogens is 1. The lowest BCUT2D eigenvalue weighted by Crippen LogP contribution is -2.18. The van der Waals surface area contributed by atoms with E-state index >= 15 is 0 Å². The second kappa shape index (κ2) is 6.07. The van der Waals surface area contributed by atoms with Crippen molar-refractivity contribution in [1.29, 1.82) is 0 Å². The van der Waals surface area contributed by atoms with Gasteiger partial charge in [-0.15, -0.1) is 19.0 Å². The van der Waals surface area contributed by atoms with Gasteiger partial charge in [-0.1, -0.05) is 24.3 Å². The van der Waals surface area contributed by atoms with Crippen molar-refractivity contribution in [3.05, 3.63) is 48.2 Å². The van der Waals surface area contributed by atoms with E-state index in [1.807, 2.05) is 6.08 Å². The van der Waals surface area contributed by atoms with E-state index in [2.05, 4.69) is 49.3 Å². The van der Waals surface area contributed by atoms with E-state index in [1.165, 1.54) is 22.2 Å². The van der Waals surface area contributed by atoms with Crippen molar-refractivity contribution in [2.24, 2.45) is 5.73 Å². The third kappa shape index (κ3) is 2.60. The van der Waals surface area contributed by atoms with E-state index in [4.69, 9.17) is 5.73 Å². The maximum Gasteiger partial charge on any atom is 0.0488 e. The highest BCUT2D eigenvalue weighted by molar-refractivity contribution is 5.86. The maximum atomic E-state index is 5.94. The molecule has 1 aromatic carbocycles. The summed E-state index contributed by atoms with van der Waals surface area (Å²) in [5, 5.41) is 1.32. The smallest absolute Gasteiger partial charge is 0.0488 e. The fraction of sp³-hybridized carbons (Fsp3) is 0.333. The number of benzene rings is 1. The lowest BCUT2D eigenvalue weighted by atomic mass is 10.0. The summed E-state index contributed by atoms with van der Waals surface area (Å²) in [5.41, 5.74) is 9.90. The summed E-state index contributed by atoms with van der Waals surface area (Å²) < 4.78 is 2.31. The molecule has 1 aromatic heterocycles. The third-order valence-corrected chi connectivity index (χ3v) is 3.20. The van der Waals surface area contributed by atoms with Crippen molar-refractivity contribution >= 4 is 23.3 Å².